The van der Waals surface area contributed by atoms with Crippen molar-refractivity contribution in [1.29, 1.82) is 0 Å². The van der Waals surface area contributed by atoms with Gasteiger partial charge in [-0.25, -0.2) is 0 Å². The van der Waals surface area contributed by atoms with Crippen molar-refractivity contribution in [2.45, 2.75) is 19.8 Å². The summed E-state index contributed by atoms with van der Waals surface area (Å²) in [6, 6.07) is 4.62. The van der Waals surface area contributed by atoms with Gasteiger partial charge in [0, 0.05) is 18.1 Å². The van der Waals surface area contributed by atoms with Gasteiger partial charge in [-0.05, 0) is 57.0 Å². The van der Waals surface area contributed by atoms with E-state index in [4.69, 9.17) is 11.6 Å². The van der Waals surface area contributed by atoms with Crippen LogP contribution in [0.2, 0.25) is 5.02 Å². The number of rotatable bonds is 4. The van der Waals surface area contributed by atoms with Crippen molar-refractivity contribution in [3.8, 4) is 5.75 Å². The number of amides is 1. The van der Waals surface area contributed by atoms with Gasteiger partial charge < -0.3 is 15.3 Å². The fourth-order valence-electron chi connectivity index (χ4n) is 2.60. The summed E-state index contributed by atoms with van der Waals surface area (Å²) in [5.74, 6) is 0.303. The lowest BCUT2D eigenvalue weighted by molar-refractivity contribution is 0.0726. The highest BCUT2D eigenvalue weighted by Gasteiger charge is 2.22. The van der Waals surface area contributed by atoms with E-state index in [9.17, 15) is 9.90 Å². The molecule has 0 aromatic heterocycles. The molecule has 0 radical (unpaired) electrons. The standard InChI is InChI=1S/C15H21ClN2O2/c1-2-18(10-11-4-3-7-17-9-11)15(20)13-6-5-12(16)8-14(13)19/h5-6,8,11,17,19H,2-4,7,9-10H2,1H3. The van der Waals surface area contributed by atoms with E-state index in [1.807, 2.05) is 6.92 Å². The van der Waals surface area contributed by atoms with Crippen molar-refractivity contribution in [3.63, 3.8) is 0 Å². The summed E-state index contributed by atoms with van der Waals surface area (Å²) in [4.78, 5) is 14.3. The Balaban J connectivity index is 2.07. The summed E-state index contributed by atoms with van der Waals surface area (Å²) >= 11 is 5.80. The molecular weight excluding hydrogens is 276 g/mol. The smallest absolute Gasteiger partial charge is 0.257 e. The average Bonchev–Trinajstić information content (AvgIpc) is 2.45. The lowest BCUT2D eigenvalue weighted by Crippen LogP contribution is -2.41. The molecular formula is C15H21ClN2O2. The minimum atomic E-state index is -0.132. The predicted octanol–water partition coefficient (Wildman–Crippen LogP) is 2.51. The molecule has 5 heteroatoms. The summed E-state index contributed by atoms with van der Waals surface area (Å²) in [6.45, 7) is 5.34. The molecule has 0 bridgehead atoms. The molecule has 2 rings (SSSR count). The van der Waals surface area contributed by atoms with Crippen LogP contribution < -0.4 is 5.32 Å². The van der Waals surface area contributed by atoms with Crippen molar-refractivity contribution >= 4 is 17.5 Å². The second-order valence-electron chi connectivity index (χ2n) is 5.22. The maximum atomic E-state index is 12.5. The zero-order chi connectivity index (χ0) is 14.5. The first-order chi connectivity index (χ1) is 9.61. The molecule has 1 amide bonds. The minimum Gasteiger partial charge on any atom is -0.507 e. The van der Waals surface area contributed by atoms with E-state index in [0.29, 0.717) is 23.0 Å². The van der Waals surface area contributed by atoms with Gasteiger partial charge >= 0.3 is 0 Å². The molecule has 1 aliphatic heterocycles. The summed E-state index contributed by atoms with van der Waals surface area (Å²) < 4.78 is 0. The van der Waals surface area contributed by atoms with E-state index in [2.05, 4.69) is 5.32 Å². The predicted molar refractivity (Wildman–Crippen MR) is 80.3 cm³/mol. The Bertz CT molecular complexity index is 473. The van der Waals surface area contributed by atoms with E-state index in [0.717, 1.165) is 32.5 Å². The second kappa shape index (κ2) is 6.95. The molecule has 4 nitrogen and oxygen atoms in total. The molecule has 1 fully saturated rings. The number of piperidine rings is 1. The molecule has 1 saturated heterocycles. The topological polar surface area (TPSA) is 52.6 Å². The fourth-order valence-corrected chi connectivity index (χ4v) is 2.77. The molecule has 2 N–H and O–H groups in total. The van der Waals surface area contributed by atoms with Crippen LogP contribution in [-0.2, 0) is 0 Å². The lowest BCUT2D eigenvalue weighted by Gasteiger charge is -2.29. The largest absolute Gasteiger partial charge is 0.507 e. The number of halogens is 1. The number of nitrogens with one attached hydrogen (secondary N) is 1. The number of benzene rings is 1. The molecule has 1 aliphatic rings. The highest BCUT2D eigenvalue weighted by molar-refractivity contribution is 6.30. The molecule has 20 heavy (non-hydrogen) atoms. The van der Waals surface area contributed by atoms with E-state index < -0.39 is 0 Å². The third kappa shape index (κ3) is 3.64. The SMILES string of the molecule is CCN(CC1CCCNC1)C(=O)c1ccc(Cl)cc1O. The summed E-state index contributed by atoms with van der Waals surface area (Å²) in [7, 11) is 0. The number of carbonyl (C=O) groups excluding carboxylic acids is 1. The van der Waals surface area contributed by atoms with Crippen molar-refractivity contribution in [3.05, 3.63) is 28.8 Å². The van der Waals surface area contributed by atoms with Crippen LogP contribution in [0.25, 0.3) is 0 Å². The minimum absolute atomic E-state index is 0.0530. The lowest BCUT2D eigenvalue weighted by atomic mass is 9.98. The first kappa shape index (κ1) is 15.1. The van der Waals surface area contributed by atoms with Crippen LogP contribution in [0, 0.1) is 5.92 Å². The molecule has 1 aromatic carbocycles. The van der Waals surface area contributed by atoms with Crippen LogP contribution in [-0.4, -0.2) is 42.1 Å². The molecule has 1 heterocycles. The summed E-state index contributed by atoms with van der Waals surface area (Å²) in [6.07, 6.45) is 2.30. The van der Waals surface area contributed by atoms with Crippen LogP contribution in [0.3, 0.4) is 0 Å². The first-order valence-electron chi connectivity index (χ1n) is 7.10. The Labute approximate surface area is 124 Å². The number of carbonyl (C=O) groups is 1. The van der Waals surface area contributed by atoms with Gasteiger partial charge in [0.2, 0.25) is 0 Å². The Morgan fingerprint density at radius 2 is 2.35 bits per heavy atom. The third-order valence-corrected chi connectivity index (χ3v) is 3.97. The number of phenolic OH excluding ortho intramolecular Hbond substituents is 1. The van der Waals surface area contributed by atoms with Crippen LogP contribution in [0.4, 0.5) is 0 Å². The number of aromatic hydroxyl groups is 1. The van der Waals surface area contributed by atoms with Gasteiger partial charge in [-0.2, -0.15) is 0 Å². The van der Waals surface area contributed by atoms with Gasteiger partial charge in [0.25, 0.3) is 5.91 Å². The average molecular weight is 297 g/mol. The van der Waals surface area contributed by atoms with Gasteiger partial charge in [-0.3, -0.25) is 4.79 Å². The Morgan fingerprint density at radius 1 is 1.55 bits per heavy atom. The van der Waals surface area contributed by atoms with Crippen LogP contribution in [0.1, 0.15) is 30.1 Å². The molecule has 0 saturated carbocycles. The highest BCUT2D eigenvalue weighted by atomic mass is 35.5. The maximum Gasteiger partial charge on any atom is 0.257 e. The highest BCUT2D eigenvalue weighted by Crippen LogP contribution is 2.24. The summed E-state index contributed by atoms with van der Waals surface area (Å²) in [5, 5.41) is 13.7. The number of hydrogen-bond donors (Lipinski definition) is 2. The zero-order valence-electron chi connectivity index (χ0n) is 11.7. The Kier molecular flexibility index (Phi) is 5.26. The molecule has 110 valence electrons. The third-order valence-electron chi connectivity index (χ3n) is 3.74. The van der Waals surface area contributed by atoms with Crippen molar-refractivity contribution in [2.75, 3.05) is 26.2 Å². The van der Waals surface area contributed by atoms with Gasteiger partial charge in [0.15, 0.2) is 0 Å². The number of nitrogens with zero attached hydrogens (tertiary/aromatic N) is 1. The second-order valence-corrected chi connectivity index (χ2v) is 5.65. The quantitative estimate of drug-likeness (QED) is 0.897. The Hall–Kier alpha value is -1.26. The fraction of sp³-hybridized carbons (Fsp3) is 0.533. The van der Waals surface area contributed by atoms with Crippen LogP contribution in [0.15, 0.2) is 18.2 Å². The van der Waals surface area contributed by atoms with E-state index >= 15 is 0 Å². The van der Waals surface area contributed by atoms with E-state index in [1.165, 1.54) is 6.07 Å². The van der Waals surface area contributed by atoms with Crippen LogP contribution >= 0.6 is 11.6 Å². The van der Waals surface area contributed by atoms with Crippen LogP contribution in [0.5, 0.6) is 5.75 Å². The molecule has 1 unspecified atom stereocenters. The molecule has 0 spiro atoms. The zero-order valence-corrected chi connectivity index (χ0v) is 12.5. The van der Waals surface area contributed by atoms with Crippen molar-refractivity contribution in [1.82, 2.24) is 10.2 Å². The Morgan fingerprint density at radius 3 is 2.95 bits per heavy atom. The van der Waals surface area contributed by atoms with E-state index in [-0.39, 0.29) is 11.7 Å². The maximum absolute atomic E-state index is 12.5. The normalized spacial score (nSPS) is 18.8. The molecule has 1 atom stereocenters. The van der Waals surface area contributed by atoms with Gasteiger partial charge in [-0.15, -0.1) is 0 Å². The van der Waals surface area contributed by atoms with Crippen molar-refractivity contribution < 1.29 is 9.90 Å². The van der Waals surface area contributed by atoms with Crippen molar-refractivity contribution in [2.24, 2.45) is 5.92 Å². The monoisotopic (exact) mass is 296 g/mol. The van der Waals surface area contributed by atoms with Gasteiger partial charge in [0.1, 0.15) is 5.75 Å². The first-order valence-corrected chi connectivity index (χ1v) is 7.48. The molecule has 0 aliphatic carbocycles. The number of hydrogen-bond acceptors (Lipinski definition) is 3. The summed E-state index contributed by atoms with van der Waals surface area (Å²) in [5.41, 5.74) is 0.319. The van der Waals surface area contributed by atoms with Gasteiger partial charge in [0.05, 0.1) is 5.56 Å². The van der Waals surface area contributed by atoms with Gasteiger partial charge in [-0.1, -0.05) is 11.6 Å². The molecule has 1 aromatic rings. The number of phenols is 1. The van der Waals surface area contributed by atoms with E-state index in [1.54, 1.807) is 17.0 Å².